The number of carbonyl (C=O) groups is 2. The van der Waals surface area contributed by atoms with Crippen molar-refractivity contribution in [3.63, 3.8) is 0 Å². The van der Waals surface area contributed by atoms with Crippen molar-refractivity contribution in [1.82, 2.24) is 9.78 Å². The number of nitrogens with one attached hydrogen (secondary N) is 1. The molecular formula is C16H25N3O3. The zero-order valence-electron chi connectivity index (χ0n) is 13.8. The summed E-state index contributed by atoms with van der Waals surface area (Å²) in [5.41, 5.74) is 2.30. The predicted molar refractivity (Wildman–Crippen MR) is 83.4 cm³/mol. The molecule has 22 heavy (non-hydrogen) atoms. The van der Waals surface area contributed by atoms with Crippen LogP contribution in [0, 0.1) is 19.8 Å². The molecule has 1 N–H and O–H groups in total. The highest BCUT2D eigenvalue weighted by Crippen LogP contribution is 2.28. The molecule has 1 aliphatic carbocycles. The smallest absolute Gasteiger partial charge is 0.306 e. The van der Waals surface area contributed by atoms with E-state index in [0.717, 1.165) is 24.2 Å². The monoisotopic (exact) mass is 307 g/mol. The van der Waals surface area contributed by atoms with Gasteiger partial charge in [0.15, 0.2) is 6.10 Å². The van der Waals surface area contributed by atoms with Crippen LogP contribution in [0.25, 0.3) is 0 Å². The number of hydrogen-bond acceptors (Lipinski definition) is 4. The van der Waals surface area contributed by atoms with E-state index >= 15 is 0 Å². The van der Waals surface area contributed by atoms with Gasteiger partial charge < -0.3 is 10.1 Å². The molecule has 0 aromatic carbocycles. The van der Waals surface area contributed by atoms with Crippen LogP contribution >= 0.6 is 0 Å². The second-order valence-electron chi connectivity index (χ2n) is 6.15. The third-order valence-electron chi connectivity index (χ3n) is 4.36. The van der Waals surface area contributed by atoms with Gasteiger partial charge in [-0.2, -0.15) is 5.10 Å². The van der Waals surface area contributed by atoms with E-state index in [-0.39, 0.29) is 11.9 Å². The quantitative estimate of drug-likeness (QED) is 0.848. The maximum absolute atomic E-state index is 12.2. The molecular weight excluding hydrogens is 282 g/mol. The fraction of sp³-hybridized carbons (Fsp3) is 0.688. The Hall–Kier alpha value is -1.85. The third-order valence-corrected chi connectivity index (χ3v) is 4.36. The summed E-state index contributed by atoms with van der Waals surface area (Å²) in [5.74, 6) is -0.182. The Labute approximate surface area is 131 Å². The molecule has 1 saturated carbocycles. The van der Waals surface area contributed by atoms with Gasteiger partial charge in [-0.15, -0.1) is 0 Å². The summed E-state index contributed by atoms with van der Waals surface area (Å²) in [6.45, 7) is 5.31. The Morgan fingerprint density at radius 3 is 2.55 bits per heavy atom. The Bertz CT molecular complexity index is 559. The fourth-order valence-electron chi connectivity index (χ4n) is 2.93. The maximum atomic E-state index is 12.2. The number of nitrogens with zero attached hydrogens (tertiary/aromatic N) is 2. The first-order valence-electron chi connectivity index (χ1n) is 7.89. The minimum atomic E-state index is -0.798. The molecule has 1 aromatic rings. The lowest BCUT2D eigenvalue weighted by Gasteiger charge is -2.15. The zero-order valence-corrected chi connectivity index (χ0v) is 13.8. The minimum absolute atomic E-state index is 0.283. The van der Waals surface area contributed by atoms with Gasteiger partial charge in [-0.05, 0) is 39.5 Å². The van der Waals surface area contributed by atoms with Crippen LogP contribution in [0.1, 0.15) is 50.4 Å². The van der Waals surface area contributed by atoms with Gasteiger partial charge in [0.1, 0.15) is 0 Å². The van der Waals surface area contributed by atoms with Crippen LogP contribution in [0.3, 0.4) is 0 Å². The molecule has 1 aliphatic rings. The number of ether oxygens (including phenoxy) is 1. The van der Waals surface area contributed by atoms with Crippen LogP contribution in [-0.4, -0.2) is 27.8 Å². The summed E-state index contributed by atoms with van der Waals surface area (Å²) >= 11 is 0. The number of hydrogen-bond donors (Lipinski definition) is 1. The molecule has 1 aromatic heterocycles. The lowest BCUT2D eigenvalue weighted by Crippen LogP contribution is -2.30. The first kappa shape index (κ1) is 16.5. The van der Waals surface area contributed by atoms with E-state index in [0.29, 0.717) is 18.0 Å². The van der Waals surface area contributed by atoms with Crippen molar-refractivity contribution in [2.45, 2.75) is 59.0 Å². The maximum Gasteiger partial charge on any atom is 0.306 e. The van der Waals surface area contributed by atoms with E-state index < -0.39 is 6.10 Å². The van der Waals surface area contributed by atoms with Gasteiger partial charge in [-0.1, -0.05) is 12.8 Å². The van der Waals surface area contributed by atoms with Crippen LogP contribution in [-0.2, 0) is 21.4 Å². The number of aryl methyl sites for hydroxylation is 2. The Morgan fingerprint density at radius 1 is 1.36 bits per heavy atom. The highest BCUT2D eigenvalue weighted by Gasteiger charge is 2.24. The summed E-state index contributed by atoms with van der Waals surface area (Å²) in [7, 11) is 1.82. The van der Waals surface area contributed by atoms with Gasteiger partial charge in [0.05, 0.1) is 17.1 Å². The highest BCUT2D eigenvalue weighted by atomic mass is 16.5. The van der Waals surface area contributed by atoms with Crippen molar-refractivity contribution in [3.8, 4) is 0 Å². The molecule has 1 atom stereocenters. The Balaban J connectivity index is 1.87. The minimum Gasteiger partial charge on any atom is -0.453 e. The molecule has 1 fully saturated rings. The molecule has 0 saturated heterocycles. The number of esters is 1. The zero-order chi connectivity index (χ0) is 16.3. The Morgan fingerprint density at radius 2 is 2.00 bits per heavy atom. The van der Waals surface area contributed by atoms with Gasteiger partial charge in [0.2, 0.25) is 0 Å². The molecule has 0 radical (unpaired) electrons. The molecule has 1 heterocycles. The van der Waals surface area contributed by atoms with Gasteiger partial charge in [0.25, 0.3) is 5.91 Å². The average Bonchev–Trinajstić information content (AvgIpc) is 3.02. The van der Waals surface area contributed by atoms with Gasteiger partial charge >= 0.3 is 5.97 Å². The second kappa shape index (κ2) is 6.94. The first-order chi connectivity index (χ1) is 10.4. The molecule has 0 aliphatic heterocycles. The van der Waals surface area contributed by atoms with E-state index in [1.165, 1.54) is 12.8 Å². The SMILES string of the molecule is Cc1nn(C)c(C)c1NC(=O)C(C)OC(=O)CC1CCCC1. The number of carbonyl (C=O) groups excluding carboxylic acids is 2. The fourth-order valence-corrected chi connectivity index (χ4v) is 2.93. The van der Waals surface area contributed by atoms with Crippen LogP contribution in [0.15, 0.2) is 0 Å². The van der Waals surface area contributed by atoms with Crippen LogP contribution in [0.4, 0.5) is 5.69 Å². The lowest BCUT2D eigenvalue weighted by molar-refractivity contribution is -0.154. The highest BCUT2D eigenvalue weighted by molar-refractivity contribution is 5.96. The predicted octanol–water partition coefficient (Wildman–Crippen LogP) is 2.49. The average molecular weight is 307 g/mol. The first-order valence-corrected chi connectivity index (χ1v) is 7.89. The van der Waals surface area contributed by atoms with E-state index in [1.54, 1.807) is 11.6 Å². The van der Waals surface area contributed by atoms with E-state index in [1.807, 2.05) is 20.9 Å². The third kappa shape index (κ3) is 3.87. The topological polar surface area (TPSA) is 73.2 Å². The number of rotatable bonds is 5. The molecule has 1 unspecified atom stereocenters. The summed E-state index contributed by atoms with van der Waals surface area (Å²) in [6.07, 6.45) is 4.17. The summed E-state index contributed by atoms with van der Waals surface area (Å²) in [4.78, 5) is 24.1. The molecule has 0 bridgehead atoms. The van der Waals surface area contributed by atoms with Crippen molar-refractivity contribution >= 4 is 17.6 Å². The van der Waals surface area contributed by atoms with Crippen molar-refractivity contribution in [3.05, 3.63) is 11.4 Å². The van der Waals surface area contributed by atoms with E-state index in [2.05, 4.69) is 10.4 Å². The van der Waals surface area contributed by atoms with Crippen molar-refractivity contribution in [1.29, 1.82) is 0 Å². The summed E-state index contributed by atoms with van der Waals surface area (Å²) in [5, 5.41) is 7.05. The van der Waals surface area contributed by atoms with Crippen LogP contribution in [0.2, 0.25) is 0 Å². The Kier molecular flexibility index (Phi) is 5.21. The van der Waals surface area contributed by atoms with E-state index in [9.17, 15) is 9.59 Å². The normalized spacial score (nSPS) is 16.5. The van der Waals surface area contributed by atoms with Gasteiger partial charge in [0, 0.05) is 13.5 Å². The van der Waals surface area contributed by atoms with Gasteiger partial charge in [-0.3, -0.25) is 14.3 Å². The molecule has 122 valence electrons. The van der Waals surface area contributed by atoms with Crippen LogP contribution < -0.4 is 5.32 Å². The summed E-state index contributed by atoms with van der Waals surface area (Å²) in [6, 6.07) is 0. The van der Waals surface area contributed by atoms with Gasteiger partial charge in [-0.25, -0.2) is 0 Å². The number of amides is 1. The molecule has 6 nitrogen and oxygen atoms in total. The molecule has 6 heteroatoms. The molecule has 0 spiro atoms. The lowest BCUT2D eigenvalue weighted by atomic mass is 10.0. The van der Waals surface area contributed by atoms with Crippen molar-refractivity contribution in [2.24, 2.45) is 13.0 Å². The van der Waals surface area contributed by atoms with Crippen LogP contribution in [0.5, 0.6) is 0 Å². The van der Waals surface area contributed by atoms with Crippen molar-refractivity contribution in [2.75, 3.05) is 5.32 Å². The summed E-state index contributed by atoms with van der Waals surface area (Å²) < 4.78 is 6.96. The second-order valence-corrected chi connectivity index (χ2v) is 6.15. The largest absolute Gasteiger partial charge is 0.453 e. The van der Waals surface area contributed by atoms with E-state index in [4.69, 9.17) is 4.74 Å². The molecule has 1 amide bonds. The van der Waals surface area contributed by atoms with Crippen molar-refractivity contribution < 1.29 is 14.3 Å². The molecule has 2 rings (SSSR count). The standard InChI is InChI=1S/C16H25N3O3/c1-10-15(11(2)19(4)18-10)17-16(21)12(3)22-14(20)9-13-7-5-6-8-13/h12-13H,5-9H2,1-4H3,(H,17,21). The number of anilines is 1. The number of aromatic nitrogens is 2.